The Morgan fingerprint density at radius 1 is 1.09 bits per heavy atom. The highest BCUT2D eigenvalue weighted by molar-refractivity contribution is 6.35. The van der Waals surface area contributed by atoms with E-state index in [1.807, 2.05) is 25.1 Å². The molecule has 112 valence electrons. The minimum absolute atomic E-state index is 0.167. The number of Topliss-reactive ketones (excluding diaryl/α,β-unsaturated/α-hetero) is 1. The van der Waals surface area contributed by atoms with E-state index in [2.05, 4.69) is 10.5 Å². The summed E-state index contributed by atoms with van der Waals surface area (Å²) < 4.78 is 5.29. The summed E-state index contributed by atoms with van der Waals surface area (Å²) in [7, 11) is 0. The smallest absolute Gasteiger partial charge is 0.277 e. The molecule has 0 radical (unpaired) electrons. The van der Waals surface area contributed by atoms with Crippen LogP contribution in [0.4, 0.5) is 0 Å². The van der Waals surface area contributed by atoms with Gasteiger partial charge in [-0.05, 0) is 19.1 Å². The second-order valence-corrected chi connectivity index (χ2v) is 4.63. The van der Waals surface area contributed by atoms with Crippen molar-refractivity contribution in [3.8, 4) is 5.75 Å². The van der Waals surface area contributed by atoms with Crippen molar-refractivity contribution in [2.45, 2.75) is 6.92 Å². The number of carbonyl (C=O) groups is 2. The van der Waals surface area contributed by atoms with Gasteiger partial charge in [0.05, 0.1) is 6.21 Å². The van der Waals surface area contributed by atoms with Gasteiger partial charge >= 0.3 is 0 Å². The lowest BCUT2D eigenvalue weighted by Crippen LogP contribution is -2.25. The van der Waals surface area contributed by atoms with E-state index in [4.69, 9.17) is 4.74 Å². The number of rotatable bonds is 6. The molecule has 2 aromatic rings. The standard InChI is InChI=1S/C17H16N2O3/c1-13-7-9-15(10-8-13)22-12-17(21)19-18-11-16(20)14-5-3-2-4-6-14/h2-11H,12H2,1H3,(H,19,21)/b18-11+. The molecule has 1 N–H and O–H groups in total. The van der Waals surface area contributed by atoms with Crippen LogP contribution in [-0.4, -0.2) is 24.5 Å². The average molecular weight is 296 g/mol. The van der Waals surface area contributed by atoms with E-state index in [-0.39, 0.29) is 12.4 Å². The lowest BCUT2D eigenvalue weighted by molar-refractivity contribution is -0.123. The lowest BCUT2D eigenvalue weighted by Gasteiger charge is -2.04. The highest BCUT2D eigenvalue weighted by atomic mass is 16.5. The van der Waals surface area contributed by atoms with Gasteiger partial charge in [-0.25, -0.2) is 5.43 Å². The molecule has 5 heteroatoms. The van der Waals surface area contributed by atoms with E-state index in [0.29, 0.717) is 11.3 Å². The summed E-state index contributed by atoms with van der Waals surface area (Å²) in [6, 6.07) is 16.0. The zero-order valence-electron chi connectivity index (χ0n) is 12.2. The van der Waals surface area contributed by atoms with Crippen LogP contribution < -0.4 is 10.2 Å². The van der Waals surface area contributed by atoms with Gasteiger partial charge in [0.15, 0.2) is 6.61 Å². The molecule has 0 unspecified atom stereocenters. The predicted molar refractivity (Wildman–Crippen MR) is 84.1 cm³/mol. The van der Waals surface area contributed by atoms with Crippen LogP contribution in [-0.2, 0) is 4.79 Å². The second kappa shape index (κ2) is 7.73. The molecule has 2 rings (SSSR count). The topological polar surface area (TPSA) is 67.8 Å². The minimum Gasteiger partial charge on any atom is -0.484 e. The SMILES string of the molecule is Cc1ccc(OCC(=O)N/N=C/C(=O)c2ccccc2)cc1. The first-order chi connectivity index (χ1) is 10.6. The molecular formula is C17H16N2O3. The highest BCUT2D eigenvalue weighted by Crippen LogP contribution is 2.10. The van der Waals surface area contributed by atoms with E-state index >= 15 is 0 Å². The monoisotopic (exact) mass is 296 g/mol. The van der Waals surface area contributed by atoms with Crippen LogP contribution >= 0.6 is 0 Å². The van der Waals surface area contributed by atoms with Crippen LogP contribution in [0.25, 0.3) is 0 Å². The summed E-state index contributed by atoms with van der Waals surface area (Å²) >= 11 is 0. The fourth-order valence-electron chi connectivity index (χ4n) is 1.66. The van der Waals surface area contributed by atoms with Crippen LogP contribution in [0.3, 0.4) is 0 Å². The van der Waals surface area contributed by atoms with Crippen molar-refractivity contribution in [2.75, 3.05) is 6.61 Å². The number of amides is 1. The number of aryl methyl sites for hydroxylation is 1. The number of hydrazone groups is 1. The van der Waals surface area contributed by atoms with E-state index in [1.54, 1.807) is 36.4 Å². The van der Waals surface area contributed by atoms with Gasteiger partial charge in [-0.1, -0.05) is 48.0 Å². The van der Waals surface area contributed by atoms with Gasteiger partial charge in [0.25, 0.3) is 5.91 Å². The zero-order chi connectivity index (χ0) is 15.8. The molecule has 0 bridgehead atoms. The number of hydrogen-bond acceptors (Lipinski definition) is 4. The fourth-order valence-corrected chi connectivity index (χ4v) is 1.66. The number of nitrogens with zero attached hydrogens (tertiary/aromatic N) is 1. The van der Waals surface area contributed by atoms with Crippen LogP contribution in [0.5, 0.6) is 5.75 Å². The van der Waals surface area contributed by atoms with Crippen molar-refractivity contribution >= 4 is 17.9 Å². The maximum atomic E-state index is 11.7. The van der Waals surface area contributed by atoms with E-state index < -0.39 is 5.91 Å². The molecule has 0 aliphatic carbocycles. The molecule has 1 amide bonds. The largest absolute Gasteiger partial charge is 0.484 e. The normalized spacial score (nSPS) is 10.4. The van der Waals surface area contributed by atoms with Crippen molar-refractivity contribution in [2.24, 2.45) is 5.10 Å². The van der Waals surface area contributed by atoms with Crippen LogP contribution in [0.15, 0.2) is 59.7 Å². The van der Waals surface area contributed by atoms with Gasteiger partial charge in [0.1, 0.15) is 5.75 Å². The van der Waals surface area contributed by atoms with Crippen LogP contribution in [0.2, 0.25) is 0 Å². The Kier molecular flexibility index (Phi) is 5.43. The maximum Gasteiger partial charge on any atom is 0.277 e. The maximum absolute atomic E-state index is 11.7. The van der Waals surface area contributed by atoms with Crippen LogP contribution in [0, 0.1) is 6.92 Å². The van der Waals surface area contributed by atoms with Crippen molar-refractivity contribution in [1.29, 1.82) is 0 Å². The van der Waals surface area contributed by atoms with Gasteiger partial charge < -0.3 is 4.74 Å². The first-order valence-electron chi connectivity index (χ1n) is 6.76. The molecule has 0 heterocycles. The molecular weight excluding hydrogens is 280 g/mol. The van der Waals surface area contributed by atoms with Crippen molar-refractivity contribution in [1.82, 2.24) is 5.43 Å². The van der Waals surface area contributed by atoms with Crippen molar-refractivity contribution in [3.05, 3.63) is 65.7 Å². The molecule has 0 spiro atoms. The van der Waals surface area contributed by atoms with E-state index in [1.165, 1.54) is 0 Å². The Morgan fingerprint density at radius 3 is 2.45 bits per heavy atom. The number of ether oxygens (including phenoxy) is 1. The number of hydrogen-bond donors (Lipinski definition) is 1. The Bertz CT molecular complexity index is 664. The number of benzene rings is 2. The molecule has 0 saturated heterocycles. The third-order valence-corrected chi connectivity index (χ3v) is 2.82. The van der Waals surface area contributed by atoms with E-state index in [0.717, 1.165) is 11.8 Å². The molecule has 0 saturated carbocycles. The van der Waals surface area contributed by atoms with Gasteiger partial charge in [0.2, 0.25) is 5.78 Å². The first kappa shape index (κ1) is 15.4. The molecule has 0 atom stereocenters. The molecule has 0 aliphatic heterocycles. The van der Waals surface area contributed by atoms with Gasteiger partial charge in [-0.3, -0.25) is 9.59 Å². The van der Waals surface area contributed by atoms with E-state index in [9.17, 15) is 9.59 Å². The van der Waals surface area contributed by atoms with Gasteiger partial charge in [-0.15, -0.1) is 0 Å². The summed E-state index contributed by atoms with van der Waals surface area (Å²) in [6.45, 7) is 1.80. The molecule has 0 aliphatic rings. The van der Waals surface area contributed by atoms with Gasteiger partial charge in [0, 0.05) is 5.56 Å². The van der Waals surface area contributed by atoms with Crippen molar-refractivity contribution in [3.63, 3.8) is 0 Å². The minimum atomic E-state index is -0.433. The molecule has 0 aromatic heterocycles. The summed E-state index contributed by atoms with van der Waals surface area (Å²) in [5.74, 6) is -0.108. The Hall–Kier alpha value is -2.95. The number of carbonyl (C=O) groups excluding carboxylic acids is 2. The number of ketones is 1. The Balaban J connectivity index is 1.76. The highest BCUT2D eigenvalue weighted by Gasteiger charge is 2.03. The predicted octanol–water partition coefficient (Wildman–Crippen LogP) is 2.36. The molecule has 2 aromatic carbocycles. The zero-order valence-corrected chi connectivity index (χ0v) is 12.2. The van der Waals surface area contributed by atoms with Crippen molar-refractivity contribution < 1.29 is 14.3 Å². The fraction of sp³-hybridized carbons (Fsp3) is 0.118. The molecule has 0 fully saturated rings. The Labute approximate surface area is 128 Å². The second-order valence-electron chi connectivity index (χ2n) is 4.63. The van der Waals surface area contributed by atoms with Gasteiger partial charge in [-0.2, -0.15) is 5.10 Å². The summed E-state index contributed by atoms with van der Waals surface area (Å²) in [4.78, 5) is 23.2. The lowest BCUT2D eigenvalue weighted by atomic mass is 10.1. The molecule has 22 heavy (non-hydrogen) atoms. The summed E-state index contributed by atoms with van der Waals surface area (Å²) in [5, 5.41) is 3.62. The van der Waals surface area contributed by atoms with Crippen LogP contribution in [0.1, 0.15) is 15.9 Å². The third kappa shape index (κ3) is 4.86. The Morgan fingerprint density at radius 2 is 1.77 bits per heavy atom. The first-order valence-corrected chi connectivity index (χ1v) is 6.76. The third-order valence-electron chi connectivity index (χ3n) is 2.82. The molecule has 5 nitrogen and oxygen atoms in total. The quantitative estimate of drug-likeness (QED) is 0.505. The summed E-state index contributed by atoms with van der Waals surface area (Å²) in [6.07, 6.45) is 1.07. The number of nitrogens with one attached hydrogen (secondary N) is 1. The average Bonchev–Trinajstić information content (AvgIpc) is 2.55. The summed E-state index contributed by atoms with van der Waals surface area (Å²) in [5.41, 5.74) is 3.87.